The molecule has 204 valence electrons. The lowest BCUT2D eigenvalue weighted by Crippen LogP contribution is -2.35. The molecule has 1 aliphatic rings. The highest BCUT2D eigenvalue weighted by molar-refractivity contribution is 8.00. The predicted molar refractivity (Wildman–Crippen MR) is 138 cm³/mol. The normalized spacial score (nSPS) is 13.5. The second kappa shape index (κ2) is 11.3. The summed E-state index contributed by atoms with van der Waals surface area (Å²) in [4.78, 5) is 14.7. The van der Waals surface area contributed by atoms with Crippen LogP contribution in [0.2, 0.25) is 5.02 Å². The fraction of sp³-hybridized carbons (Fsp3) is 0.240. The number of hydrogen-bond acceptors (Lipinski definition) is 7. The fourth-order valence-corrected chi connectivity index (χ4v) is 6.94. The van der Waals surface area contributed by atoms with Crippen LogP contribution < -0.4 is 9.04 Å². The molecule has 1 N–H and O–H groups in total. The van der Waals surface area contributed by atoms with E-state index in [1.807, 2.05) is 0 Å². The van der Waals surface area contributed by atoms with Gasteiger partial charge in [0.15, 0.2) is 0 Å². The van der Waals surface area contributed by atoms with Crippen molar-refractivity contribution in [2.45, 2.75) is 28.8 Å². The van der Waals surface area contributed by atoms with Crippen molar-refractivity contribution in [3.63, 3.8) is 0 Å². The number of para-hydroxylation sites is 1. The average Bonchev–Trinajstić information content (AvgIpc) is 2.89. The molecule has 1 aromatic heterocycles. The lowest BCUT2D eigenvalue weighted by molar-refractivity contribution is -0.141. The van der Waals surface area contributed by atoms with Crippen molar-refractivity contribution in [2.75, 3.05) is 23.2 Å². The number of carbonyl (C=O) groups is 1. The highest BCUT2D eigenvalue weighted by Crippen LogP contribution is 2.43. The van der Waals surface area contributed by atoms with Gasteiger partial charge < -0.3 is 9.84 Å². The molecule has 0 atom stereocenters. The monoisotopic (exact) mass is 597 g/mol. The summed E-state index contributed by atoms with van der Waals surface area (Å²) in [5, 5.41) is 18.4. The summed E-state index contributed by atoms with van der Waals surface area (Å²) in [7, 11) is -4.32. The Hall–Kier alpha value is -3.47. The number of nitriles is 1. The summed E-state index contributed by atoms with van der Waals surface area (Å²) < 4.78 is 74.4. The van der Waals surface area contributed by atoms with Gasteiger partial charge >= 0.3 is 12.1 Å². The van der Waals surface area contributed by atoms with Gasteiger partial charge in [0.1, 0.15) is 16.3 Å². The van der Waals surface area contributed by atoms with Gasteiger partial charge in [-0.05, 0) is 30.7 Å². The van der Waals surface area contributed by atoms with Crippen LogP contribution in [0.15, 0.2) is 58.5 Å². The summed E-state index contributed by atoms with van der Waals surface area (Å²) in [5.74, 6) is -0.753. The van der Waals surface area contributed by atoms with Crippen molar-refractivity contribution in [1.29, 1.82) is 5.26 Å². The number of aliphatic carboxylic acids is 1. The quantitative estimate of drug-likeness (QED) is 0.322. The number of halogens is 4. The maximum absolute atomic E-state index is 14.0. The first-order chi connectivity index (χ1) is 18.4. The van der Waals surface area contributed by atoms with Crippen molar-refractivity contribution < 1.29 is 36.2 Å². The van der Waals surface area contributed by atoms with Gasteiger partial charge in [-0.2, -0.15) is 18.4 Å². The van der Waals surface area contributed by atoms with Crippen LogP contribution in [0.25, 0.3) is 11.1 Å². The number of ether oxygens (including phenoxy) is 1. The number of sulfonamides is 1. The van der Waals surface area contributed by atoms with Crippen molar-refractivity contribution in [3.05, 3.63) is 64.9 Å². The van der Waals surface area contributed by atoms with Crippen LogP contribution in [0.3, 0.4) is 0 Å². The predicted octanol–water partition coefficient (Wildman–Crippen LogP) is 5.84. The largest absolute Gasteiger partial charge is 0.492 e. The highest BCUT2D eigenvalue weighted by Gasteiger charge is 2.35. The molecule has 1 aliphatic heterocycles. The minimum atomic E-state index is -4.80. The molecular weight excluding hydrogens is 579 g/mol. The number of aromatic nitrogens is 1. The molecule has 0 radical (unpaired) electrons. The molecule has 0 unspecified atom stereocenters. The van der Waals surface area contributed by atoms with Gasteiger partial charge in [0.25, 0.3) is 10.0 Å². The zero-order valence-corrected chi connectivity index (χ0v) is 22.3. The Morgan fingerprint density at radius 1 is 1.23 bits per heavy atom. The summed E-state index contributed by atoms with van der Waals surface area (Å²) in [6.07, 6.45) is -4.11. The number of rotatable bonds is 8. The number of nitrogens with zero attached hydrogens (tertiary/aromatic N) is 3. The van der Waals surface area contributed by atoms with Crippen LogP contribution in [0, 0.1) is 11.3 Å². The summed E-state index contributed by atoms with van der Waals surface area (Å²) in [6.45, 7) is -0.00603. The first-order valence-corrected chi connectivity index (χ1v) is 14.1. The Kier molecular flexibility index (Phi) is 8.29. The Labute approximate surface area is 231 Å². The van der Waals surface area contributed by atoms with E-state index in [1.165, 1.54) is 22.1 Å². The van der Waals surface area contributed by atoms with Crippen LogP contribution in [-0.2, 0) is 21.0 Å². The molecule has 0 aliphatic carbocycles. The molecule has 3 aromatic rings. The number of hydrogen-bond donors (Lipinski definition) is 1. The van der Waals surface area contributed by atoms with Crippen molar-refractivity contribution in [2.24, 2.45) is 0 Å². The zero-order valence-electron chi connectivity index (χ0n) is 19.9. The first-order valence-electron chi connectivity index (χ1n) is 11.3. The van der Waals surface area contributed by atoms with E-state index in [4.69, 9.17) is 21.4 Å². The minimum absolute atomic E-state index is 0.0365. The molecular formula is C25H19ClF3N3O5S2. The molecule has 0 saturated carbocycles. The first kappa shape index (κ1) is 28.5. The SMILES string of the molecule is N#Cc1cc(C(F)(F)F)ncc1-c1cc(S(=O)(=O)N2CCSc3ccccc32)c(OCCCC(=O)O)cc1Cl. The molecule has 14 heteroatoms. The van der Waals surface area contributed by atoms with Gasteiger partial charge in [0.2, 0.25) is 0 Å². The van der Waals surface area contributed by atoms with Crippen LogP contribution in [-0.4, -0.2) is 43.4 Å². The van der Waals surface area contributed by atoms with E-state index < -0.39 is 33.4 Å². The number of thioether (sulfide) groups is 1. The fourth-order valence-electron chi connectivity index (χ4n) is 3.89. The summed E-state index contributed by atoms with van der Waals surface area (Å²) >= 11 is 7.92. The van der Waals surface area contributed by atoms with E-state index >= 15 is 0 Å². The third-order valence-corrected chi connectivity index (χ3v) is 8.87. The van der Waals surface area contributed by atoms with Gasteiger partial charge in [-0.15, -0.1) is 11.8 Å². The number of carboxylic acids is 1. The maximum atomic E-state index is 14.0. The Balaban J connectivity index is 1.86. The number of carboxylic acid groups (broad SMARTS) is 1. The van der Waals surface area contributed by atoms with Crippen molar-refractivity contribution >= 4 is 45.0 Å². The maximum Gasteiger partial charge on any atom is 0.433 e. The van der Waals surface area contributed by atoms with Gasteiger partial charge in [-0.25, -0.2) is 8.42 Å². The number of benzene rings is 2. The smallest absolute Gasteiger partial charge is 0.433 e. The van der Waals surface area contributed by atoms with Gasteiger partial charge in [0, 0.05) is 47.0 Å². The second-order valence-electron chi connectivity index (χ2n) is 8.24. The molecule has 0 bridgehead atoms. The number of alkyl halides is 3. The lowest BCUT2D eigenvalue weighted by atomic mass is 10.0. The third kappa shape index (κ3) is 6.08. The van der Waals surface area contributed by atoms with Crippen molar-refractivity contribution in [3.8, 4) is 22.9 Å². The van der Waals surface area contributed by atoms with Crippen molar-refractivity contribution in [1.82, 2.24) is 4.98 Å². The van der Waals surface area contributed by atoms with Crippen LogP contribution in [0.1, 0.15) is 24.1 Å². The lowest BCUT2D eigenvalue weighted by Gasteiger charge is -2.30. The molecule has 0 saturated heterocycles. The third-order valence-electron chi connectivity index (χ3n) is 5.68. The Morgan fingerprint density at radius 2 is 1.97 bits per heavy atom. The van der Waals surface area contributed by atoms with Crippen LogP contribution >= 0.6 is 23.4 Å². The molecule has 2 heterocycles. The van der Waals surface area contributed by atoms with E-state index in [1.54, 1.807) is 30.3 Å². The van der Waals surface area contributed by atoms with Crippen LogP contribution in [0.5, 0.6) is 5.75 Å². The van der Waals surface area contributed by atoms with E-state index in [9.17, 15) is 31.6 Å². The summed E-state index contributed by atoms with van der Waals surface area (Å²) in [5.41, 5.74) is -1.38. The Morgan fingerprint density at radius 3 is 2.67 bits per heavy atom. The standard InChI is InChI=1S/C25H19ClF3N3O5S2/c26-18-12-20(37-8-3-6-24(33)34)22(39(35,36)32-7-9-38-21-5-2-1-4-19(21)32)11-16(18)17-14-31-23(25(27,28)29)10-15(17)13-30/h1-2,4-5,10-12,14H,3,6-9H2,(H,33,34). The van der Waals surface area contributed by atoms with Gasteiger partial charge in [-0.1, -0.05) is 23.7 Å². The summed E-state index contributed by atoms with van der Waals surface area (Å²) in [6, 6.07) is 11.5. The topological polar surface area (TPSA) is 121 Å². The minimum Gasteiger partial charge on any atom is -0.492 e. The highest BCUT2D eigenvalue weighted by atomic mass is 35.5. The number of anilines is 1. The molecule has 4 rings (SSSR count). The van der Waals surface area contributed by atoms with Gasteiger partial charge in [-0.3, -0.25) is 14.1 Å². The molecule has 8 nitrogen and oxygen atoms in total. The molecule has 39 heavy (non-hydrogen) atoms. The molecule has 0 spiro atoms. The molecule has 2 aromatic carbocycles. The van der Waals surface area contributed by atoms with E-state index in [0.717, 1.165) is 17.2 Å². The van der Waals surface area contributed by atoms with Crippen LogP contribution in [0.4, 0.5) is 18.9 Å². The van der Waals surface area contributed by atoms with E-state index in [2.05, 4.69) is 4.98 Å². The zero-order chi connectivity index (χ0) is 28.4. The molecule has 0 fully saturated rings. The van der Waals surface area contributed by atoms with Gasteiger partial charge in [0.05, 0.1) is 28.9 Å². The second-order valence-corrected chi connectivity index (χ2v) is 11.6. The average molecular weight is 598 g/mol. The number of fused-ring (bicyclic) bond motifs is 1. The Bertz CT molecular complexity index is 1580. The van der Waals surface area contributed by atoms with E-state index in [-0.39, 0.29) is 52.8 Å². The molecule has 0 amide bonds. The van der Waals surface area contributed by atoms with E-state index in [0.29, 0.717) is 17.5 Å². The number of pyridine rings is 1.